The van der Waals surface area contributed by atoms with E-state index in [9.17, 15) is 9.59 Å². The molecule has 3 aromatic carbocycles. The molecule has 2 heterocycles. The smallest absolute Gasteiger partial charge is 0.221 e. The van der Waals surface area contributed by atoms with Gasteiger partial charge in [0.25, 0.3) is 0 Å². The van der Waals surface area contributed by atoms with Crippen molar-refractivity contribution in [3.63, 3.8) is 0 Å². The molecule has 0 unspecified atom stereocenters. The van der Waals surface area contributed by atoms with Gasteiger partial charge in [-0.3, -0.25) is 19.8 Å². The number of rotatable bonds is 6. The van der Waals surface area contributed by atoms with Crippen molar-refractivity contribution in [3.05, 3.63) is 84.4 Å². The van der Waals surface area contributed by atoms with Gasteiger partial charge in [-0.1, -0.05) is 36.4 Å². The first kappa shape index (κ1) is 23.7. The van der Waals surface area contributed by atoms with Crippen molar-refractivity contribution in [1.82, 2.24) is 20.4 Å². The number of hydrogen-bond acceptors (Lipinski definition) is 4. The second-order valence-corrected chi connectivity index (χ2v) is 8.88. The van der Waals surface area contributed by atoms with Gasteiger partial charge in [-0.25, -0.2) is 0 Å². The molecule has 2 amide bonds. The Labute approximate surface area is 214 Å². The first-order valence-electron chi connectivity index (χ1n) is 11.8. The van der Waals surface area contributed by atoms with Gasteiger partial charge in [0.15, 0.2) is 0 Å². The zero-order valence-corrected chi connectivity index (χ0v) is 20.7. The van der Waals surface area contributed by atoms with Gasteiger partial charge in [0, 0.05) is 41.9 Å². The fourth-order valence-electron chi connectivity index (χ4n) is 4.25. The molecule has 0 saturated heterocycles. The van der Waals surface area contributed by atoms with Crippen LogP contribution in [-0.2, 0) is 9.59 Å². The van der Waals surface area contributed by atoms with Crippen LogP contribution in [0.4, 0.5) is 11.4 Å². The van der Waals surface area contributed by atoms with Crippen molar-refractivity contribution in [2.45, 2.75) is 20.8 Å². The maximum Gasteiger partial charge on any atom is 0.221 e. The SMILES string of the molecule is CC(=O)Nc1ccc(-c2cc(-c3cccc(-c4cc(-c5ccc(NC(C)=O)cc5C)[nH]n4)c3)n[nH]2)cc1. The molecule has 184 valence electrons. The molecule has 0 aliphatic carbocycles. The number of aromatic amines is 2. The van der Waals surface area contributed by atoms with E-state index in [-0.39, 0.29) is 11.8 Å². The molecule has 4 N–H and O–H groups in total. The highest BCUT2D eigenvalue weighted by molar-refractivity contribution is 5.90. The van der Waals surface area contributed by atoms with Crippen LogP contribution in [0.25, 0.3) is 45.0 Å². The highest BCUT2D eigenvalue weighted by Gasteiger charge is 2.12. The van der Waals surface area contributed by atoms with Gasteiger partial charge in [0.05, 0.1) is 22.8 Å². The van der Waals surface area contributed by atoms with Crippen molar-refractivity contribution in [1.29, 1.82) is 0 Å². The Morgan fingerprint density at radius 3 is 1.84 bits per heavy atom. The minimum absolute atomic E-state index is 0.0974. The third-order valence-electron chi connectivity index (χ3n) is 5.96. The number of aryl methyl sites for hydroxylation is 1. The first-order chi connectivity index (χ1) is 17.9. The third kappa shape index (κ3) is 5.33. The van der Waals surface area contributed by atoms with Crippen molar-refractivity contribution in [3.8, 4) is 45.0 Å². The molecule has 0 aliphatic rings. The molecular weight excluding hydrogens is 464 g/mol. The lowest BCUT2D eigenvalue weighted by molar-refractivity contribution is -0.115. The average Bonchev–Trinajstić information content (AvgIpc) is 3.55. The normalized spacial score (nSPS) is 10.8. The average molecular weight is 491 g/mol. The quantitative estimate of drug-likeness (QED) is 0.233. The minimum atomic E-state index is -0.101. The van der Waals surface area contributed by atoms with E-state index in [2.05, 4.69) is 37.1 Å². The minimum Gasteiger partial charge on any atom is -0.326 e. The maximum atomic E-state index is 11.3. The Bertz CT molecular complexity index is 1600. The number of H-pyrrole nitrogens is 2. The summed E-state index contributed by atoms with van der Waals surface area (Å²) >= 11 is 0. The van der Waals surface area contributed by atoms with E-state index < -0.39 is 0 Å². The Kier molecular flexibility index (Phi) is 6.38. The number of anilines is 2. The lowest BCUT2D eigenvalue weighted by Crippen LogP contribution is -2.05. The maximum absolute atomic E-state index is 11.3. The van der Waals surface area contributed by atoms with Gasteiger partial charge in [0.1, 0.15) is 0 Å². The molecule has 0 bridgehead atoms. The molecular formula is C29H26N6O2. The van der Waals surface area contributed by atoms with E-state index in [4.69, 9.17) is 0 Å². The molecule has 0 fully saturated rings. The van der Waals surface area contributed by atoms with Gasteiger partial charge in [-0.05, 0) is 60.5 Å². The Hall–Kier alpha value is -4.98. The number of carbonyl (C=O) groups is 2. The summed E-state index contributed by atoms with van der Waals surface area (Å²) < 4.78 is 0. The van der Waals surface area contributed by atoms with Crippen molar-refractivity contribution >= 4 is 23.2 Å². The van der Waals surface area contributed by atoms with Crippen LogP contribution in [0.2, 0.25) is 0 Å². The zero-order chi connectivity index (χ0) is 25.9. The lowest BCUT2D eigenvalue weighted by Gasteiger charge is -2.07. The molecule has 8 nitrogen and oxygen atoms in total. The lowest BCUT2D eigenvalue weighted by atomic mass is 10.0. The van der Waals surface area contributed by atoms with Crippen LogP contribution in [-0.4, -0.2) is 32.2 Å². The van der Waals surface area contributed by atoms with E-state index in [0.29, 0.717) is 0 Å². The summed E-state index contributed by atoms with van der Waals surface area (Å²) in [6.07, 6.45) is 0. The predicted molar refractivity (Wildman–Crippen MR) is 146 cm³/mol. The largest absolute Gasteiger partial charge is 0.326 e. The summed E-state index contributed by atoms with van der Waals surface area (Å²) in [5, 5.41) is 20.9. The van der Waals surface area contributed by atoms with Crippen LogP contribution in [0.15, 0.2) is 78.9 Å². The number of carbonyl (C=O) groups excluding carboxylic acids is 2. The molecule has 2 aromatic heterocycles. The van der Waals surface area contributed by atoms with Crippen LogP contribution in [0.1, 0.15) is 19.4 Å². The summed E-state index contributed by atoms with van der Waals surface area (Å²) in [4.78, 5) is 22.6. The monoisotopic (exact) mass is 490 g/mol. The zero-order valence-electron chi connectivity index (χ0n) is 20.7. The standard InChI is InChI=1S/C29H26N6O2/c1-17-13-24(31-19(3)37)11-12-25(17)29-16-28(34-35-29)22-6-4-5-21(14-22)27-15-26(32-33-27)20-7-9-23(10-8-20)30-18(2)36/h4-16H,1-3H3,(H,30,36)(H,31,37)(H,32,33)(H,34,35). The molecule has 0 spiro atoms. The van der Waals surface area contributed by atoms with E-state index in [1.165, 1.54) is 13.8 Å². The van der Waals surface area contributed by atoms with Crippen LogP contribution >= 0.6 is 0 Å². The summed E-state index contributed by atoms with van der Waals surface area (Å²) in [6, 6.07) is 25.5. The Balaban J connectivity index is 1.37. The summed E-state index contributed by atoms with van der Waals surface area (Å²) in [6.45, 7) is 4.99. The van der Waals surface area contributed by atoms with Crippen LogP contribution in [0.5, 0.6) is 0 Å². The highest BCUT2D eigenvalue weighted by atomic mass is 16.2. The van der Waals surface area contributed by atoms with Gasteiger partial charge in [-0.15, -0.1) is 0 Å². The van der Waals surface area contributed by atoms with Crippen molar-refractivity contribution in [2.75, 3.05) is 10.6 Å². The van der Waals surface area contributed by atoms with Gasteiger partial charge < -0.3 is 10.6 Å². The van der Waals surface area contributed by atoms with Gasteiger partial charge >= 0.3 is 0 Å². The highest BCUT2D eigenvalue weighted by Crippen LogP contribution is 2.31. The predicted octanol–water partition coefficient (Wildman–Crippen LogP) is 6.03. The van der Waals surface area contributed by atoms with Crippen LogP contribution < -0.4 is 10.6 Å². The Morgan fingerprint density at radius 2 is 1.22 bits per heavy atom. The van der Waals surface area contributed by atoms with Gasteiger partial charge in [-0.2, -0.15) is 10.2 Å². The molecule has 5 rings (SSSR count). The van der Waals surface area contributed by atoms with E-state index >= 15 is 0 Å². The molecule has 37 heavy (non-hydrogen) atoms. The van der Waals surface area contributed by atoms with Crippen LogP contribution in [0, 0.1) is 6.92 Å². The summed E-state index contributed by atoms with van der Waals surface area (Å²) in [7, 11) is 0. The fourth-order valence-corrected chi connectivity index (χ4v) is 4.25. The third-order valence-corrected chi connectivity index (χ3v) is 5.96. The molecule has 0 radical (unpaired) electrons. The number of benzene rings is 3. The number of aromatic nitrogens is 4. The number of nitrogens with zero attached hydrogens (tertiary/aromatic N) is 2. The first-order valence-corrected chi connectivity index (χ1v) is 11.8. The number of hydrogen-bond donors (Lipinski definition) is 4. The van der Waals surface area contributed by atoms with E-state index in [1.807, 2.05) is 79.7 Å². The van der Waals surface area contributed by atoms with E-state index in [1.54, 1.807) is 0 Å². The molecule has 0 aliphatic heterocycles. The van der Waals surface area contributed by atoms with E-state index in [0.717, 1.165) is 62.0 Å². The van der Waals surface area contributed by atoms with Gasteiger partial charge in [0.2, 0.25) is 11.8 Å². The molecule has 0 saturated carbocycles. The molecule has 8 heteroatoms. The van der Waals surface area contributed by atoms with Crippen LogP contribution in [0.3, 0.4) is 0 Å². The topological polar surface area (TPSA) is 116 Å². The molecule has 0 atom stereocenters. The second-order valence-electron chi connectivity index (χ2n) is 8.88. The van der Waals surface area contributed by atoms with Crippen molar-refractivity contribution in [2.24, 2.45) is 0 Å². The van der Waals surface area contributed by atoms with Crippen molar-refractivity contribution < 1.29 is 9.59 Å². The fraction of sp³-hybridized carbons (Fsp3) is 0.103. The number of amides is 2. The summed E-state index contributed by atoms with van der Waals surface area (Å²) in [5.74, 6) is -0.199. The second kappa shape index (κ2) is 9.94. The molecule has 5 aromatic rings. The number of nitrogens with one attached hydrogen (secondary N) is 4. The summed E-state index contributed by atoms with van der Waals surface area (Å²) in [5.41, 5.74) is 9.91. The Morgan fingerprint density at radius 1 is 0.649 bits per heavy atom.